The Hall–Kier alpha value is -0.130. The molecule has 0 heterocycles. The molecular weight excluding hydrogens is 140 g/mol. The Balaban J connectivity index is 3.73. The summed E-state index contributed by atoms with van der Waals surface area (Å²) in [7, 11) is -3.18. The molecule has 0 saturated heterocycles. The first kappa shape index (κ1) is 8.87. The number of nitrogens with one attached hydrogen (secondary N) is 2. The summed E-state index contributed by atoms with van der Waals surface area (Å²) < 4.78 is 25.8. The maximum atomic E-state index is 10.6. The Morgan fingerprint density at radius 2 is 1.44 bits per heavy atom. The zero-order chi connectivity index (χ0) is 7.33. The van der Waals surface area contributed by atoms with Crippen molar-refractivity contribution in [1.29, 1.82) is 0 Å². The molecule has 0 atom stereocenters. The summed E-state index contributed by atoms with van der Waals surface area (Å²) >= 11 is 0. The van der Waals surface area contributed by atoms with Crippen molar-refractivity contribution in [3.8, 4) is 0 Å². The van der Waals surface area contributed by atoms with E-state index in [-0.39, 0.29) is 0 Å². The monoisotopic (exact) mass is 152 g/mol. The fraction of sp³-hybridized carbons (Fsp3) is 1.00. The largest absolute Gasteiger partial charge is 0.276 e. The van der Waals surface area contributed by atoms with Gasteiger partial charge in [0.2, 0.25) is 0 Å². The highest BCUT2D eigenvalue weighted by atomic mass is 32.2. The van der Waals surface area contributed by atoms with Gasteiger partial charge in [0.05, 0.1) is 0 Å². The molecule has 0 spiro atoms. The van der Waals surface area contributed by atoms with E-state index in [1.165, 1.54) is 0 Å². The molecule has 4 nitrogen and oxygen atoms in total. The van der Waals surface area contributed by atoms with Crippen molar-refractivity contribution in [2.45, 2.75) is 13.8 Å². The van der Waals surface area contributed by atoms with E-state index in [1.807, 2.05) is 0 Å². The zero-order valence-electron chi connectivity index (χ0n) is 5.64. The molecule has 0 bridgehead atoms. The van der Waals surface area contributed by atoms with Gasteiger partial charge >= 0.3 is 0 Å². The molecule has 9 heavy (non-hydrogen) atoms. The average Bonchev–Trinajstić information content (AvgIpc) is 1.64. The van der Waals surface area contributed by atoms with E-state index in [1.54, 1.807) is 13.8 Å². The van der Waals surface area contributed by atoms with Crippen LogP contribution >= 0.6 is 0 Å². The summed E-state index contributed by atoms with van der Waals surface area (Å²) in [6.07, 6.45) is 0. The minimum atomic E-state index is -3.18. The molecule has 56 valence electrons. The number of rotatable bonds is 4. The Labute approximate surface area is 55.8 Å². The fourth-order valence-electron chi connectivity index (χ4n) is 0.431. The summed E-state index contributed by atoms with van der Waals surface area (Å²) in [6.45, 7) is 4.31. The van der Waals surface area contributed by atoms with Gasteiger partial charge in [-0.3, -0.25) is 0 Å². The first-order chi connectivity index (χ1) is 4.12. The Kier molecular flexibility index (Phi) is 3.76. The van der Waals surface area contributed by atoms with Crippen LogP contribution in [0.3, 0.4) is 0 Å². The maximum absolute atomic E-state index is 10.6. The SMILES string of the molecule is CCNS(=O)(=O)NCC. The third-order valence-electron chi connectivity index (χ3n) is 0.669. The van der Waals surface area contributed by atoms with Gasteiger partial charge in [-0.05, 0) is 0 Å². The van der Waals surface area contributed by atoms with Crippen LogP contribution in [-0.4, -0.2) is 21.5 Å². The summed E-state index contributed by atoms with van der Waals surface area (Å²) in [4.78, 5) is 0. The molecule has 0 radical (unpaired) electrons. The number of hydrogen-bond donors (Lipinski definition) is 2. The van der Waals surface area contributed by atoms with Crippen molar-refractivity contribution >= 4 is 10.2 Å². The molecule has 0 saturated carbocycles. The summed E-state index contributed by atoms with van der Waals surface area (Å²) in [5.41, 5.74) is 0. The molecule has 0 aromatic rings. The Morgan fingerprint density at radius 1 is 1.11 bits per heavy atom. The van der Waals surface area contributed by atoms with Gasteiger partial charge < -0.3 is 0 Å². The van der Waals surface area contributed by atoms with Crippen molar-refractivity contribution in [2.24, 2.45) is 0 Å². The van der Waals surface area contributed by atoms with Crippen LogP contribution in [-0.2, 0) is 10.2 Å². The third-order valence-corrected chi connectivity index (χ3v) is 2.01. The van der Waals surface area contributed by atoms with E-state index in [2.05, 4.69) is 9.44 Å². The van der Waals surface area contributed by atoms with E-state index < -0.39 is 10.2 Å². The van der Waals surface area contributed by atoms with E-state index in [0.29, 0.717) is 13.1 Å². The molecule has 0 aromatic carbocycles. The van der Waals surface area contributed by atoms with Crippen LogP contribution in [0.5, 0.6) is 0 Å². The van der Waals surface area contributed by atoms with Crippen molar-refractivity contribution in [3.05, 3.63) is 0 Å². The zero-order valence-corrected chi connectivity index (χ0v) is 6.46. The van der Waals surface area contributed by atoms with Crippen molar-refractivity contribution in [2.75, 3.05) is 13.1 Å². The van der Waals surface area contributed by atoms with Gasteiger partial charge in [-0.15, -0.1) is 0 Å². The van der Waals surface area contributed by atoms with E-state index in [0.717, 1.165) is 0 Å². The molecule has 0 rings (SSSR count). The lowest BCUT2D eigenvalue weighted by molar-refractivity contribution is 0.571. The molecule has 0 aliphatic rings. The standard InChI is InChI=1S/C4H12N2O2S/c1-3-5-9(7,8)6-4-2/h5-6H,3-4H2,1-2H3. The van der Waals surface area contributed by atoms with Crippen LogP contribution in [0, 0.1) is 0 Å². The van der Waals surface area contributed by atoms with E-state index in [9.17, 15) is 8.42 Å². The molecule has 0 aliphatic heterocycles. The number of hydrogen-bond acceptors (Lipinski definition) is 2. The van der Waals surface area contributed by atoms with Gasteiger partial charge in [0, 0.05) is 13.1 Å². The first-order valence-electron chi connectivity index (χ1n) is 2.86. The fourth-order valence-corrected chi connectivity index (χ4v) is 1.29. The van der Waals surface area contributed by atoms with E-state index in [4.69, 9.17) is 0 Å². The Bertz CT molecular complexity index is 140. The first-order valence-corrected chi connectivity index (χ1v) is 4.35. The summed E-state index contributed by atoms with van der Waals surface area (Å²) in [5, 5.41) is 0. The lowest BCUT2D eigenvalue weighted by Gasteiger charge is -2.01. The van der Waals surface area contributed by atoms with E-state index >= 15 is 0 Å². The second kappa shape index (κ2) is 3.81. The van der Waals surface area contributed by atoms with Gasteiger partial charge in [0.25, 0.3) is 10.2 Å². The minimum Gasteiger partial charge on any atom is -0.203 e. The van der Waals surface area contributed by atoms with Crippen LogP contribution in [0.2, 0.25) is 0 Å². The van der Waals surface area contributed by atoms with Gasteiger partial charge in [-0.25, -0.2) is 9.44 Å². The molecule has 2 N–H and O–H groups in total. The topological polar surface area (TPSA) is 58.2 Å². The second-order valence-corrected chi connectivity index (χ2v) is 3.08. The van der Waals surface area contributed by atoms with Crippen LogP contribution in [0.15, 0.2) is 0 Å². The maximum Gasteiger partial charge on any atom is 0.276 e. The highest BCUT2D eigenvalue weighted by molar-refractivity contribution is 7.87. The minimum absolute atomic E-state index is 0.426. The van der Waals surface area contributed by atoms with Crippen LogP contribution in [0.1, 0.15) is 13.8 Å². The second-order valence-electron chi connectivity index (χ2n) is 1.50. The lowest BCUT2D eigenvalue weighted by atomic mass is 10.8. The smallest absolute Gasteiger partial charge is 0.203 e. The molecule has 0 aliphatic carbocycles. The predicted octanol–water partition coefficient (Wildman–Crippen LogP) is -0.550. The van der Waals surface area contributed by atoms with Crippen LogP contribution < -0.4 is 9.44 Å². The Morgan fingerprint density at radius 3 is 1.67 bits per heavy atom. The van der Waals surface area contributed by atoms with Gasteiger partial charge in [-0.1, -0.05) is 13.8 Å². The van der Waals surface area contributed by atoms with Gasteiger partial charge in [0.15, 0.2) is 0 Å². The highest BCUT2D eigenvalue weighted by Crippen LogP contribution is 1.71. The van der Waals surface area contributed by atoms with Crippen molar-refractivity contribution < 1.29 is 8.42 Å². The van der Waals surface area contributed by atoms with Gasteiger partial charge in [-0.2, -0.15) is 8.42 Å². The molecule has 0 amide bonds. The van der Waals surface area contributed by atoms with Crippen LogP contribution in [0.25, 0.3) is 0 Å². The van der Waals surface area contributed by atoms with Gasteiger partial charge in [0.1, 0.15) is 0 Å². The van der Waals surface area contributed by atoms with Crippen molar-refractivity contribution in [3.63, 3.8) is 0 Å². The average molecular weight is 152 g/mol. The molecular formula is C4H12N2O2S. The van der Waals surface area contributed by atoms with Crippen molar-refractivity contribution in [1.82, 2.24) is 9.44 Å². The predicted molar refractivity (Wildman–Crippen MR) is 36.3 cm³/mol. The lowest BCUT2D eigenvalue weighted by Crippen LogP contribution is -2.35. The molecule has 0 fully saturated rings. The summed E-state index contributed by atoms with van der Waals surface area (Å²) in [5.74, 6) is 0. The normalized spacial score (nSPS) is 11.8. The quantitative estimate of drug-likeness (QED) is 0.568. The molecule has 5 heteroatoms. The highest BCUT2D eigenvalue weighted by Gasteiger charge is 2.02. The third kappa shape index (κ3) is 4.38. The van der Waals surface area contributed by atoms with Crippen LogP contribution in [0.4, 0.5) is 0 Å². The molecule has 0 unspecified atom stereocenters. The molecule has 0 aromatic heterocycles. The summed E-state index contributed by atoms with van der Waals surface area (Å²) in [6, 6.07) is 0.